The van der Waals surface area contributed by atoms with Crippen LogP contribution in [0.2, 0.25) is 0 Å². The Hall–Kier alpha value is -0.810. The van der Waals surface area contributed by atoms with Gasteiger partial charge in [0.1, 0.15) is 6.04 Å². The third-order valence-corrected chi connectivity index (χ3v) is 2.50. The molecule has 0 radical (unpaired) electrons. The van der Waals surface area contributed by atoms with E-state index >= 15 is 0 Å². The zero-order valence-corrected chi connectivity index (χ0v) is 10.5. The predicted octanol–water partition coefficient (Wildman–Crippen LogP) is -0.117. The molecule has 6 heteroatoms. The number of hydrogen-bond donors (Lipinski definition) is 2. The fraction of sp³-hybridized carbons (Fsp3) is 0.800. The lowest BCUT2D eigenvalue weighted by atomic mass is 10.0. The molecule has 1 fully saturated rings. The van der Waals surface area contributed by atoms with Crippen molar-refractivity contribution < 1.29 is 9.59 Å². The maximum Gasteiger partial charge on any atom is 0.244 e. The summed E-state index contributed by atoms with van der Waals surface area (Å²) in [6.07, 6.45) is 1.94. The Labute approximate surface area is 102 Å². The van der Waals surface area contributed by atoms with Crippen LogP contribution < -0.4 is 11.1 Å². The van der Waals surface area contributed by atoms with Gasteiger partial charge in [-0.1, -0.05) is 0 Å². The maximum atomic E-state index is 11.6. The third-order valence-electron chi connectivity index (χ3n) is 2.50. The zero-order chi connectivity index (χ0) is 11.4. The van der Waals surface area contributed by atoms with Gasteiger partial charge in [-0.05, 0) is 19.8 Å². The summed E-state index contributed by atoms with van der Waals surface area (Å²) < 4.78 is 0. The Morgan fingerprint density at radius 3 is 2.88 bits per heavy atom. The number of piperidine rings is 1. The molecule has 5 nitrogen and oxygen atoms in total. The number of carbonyl (C=O) groups excluding carboxylic acids is 2. The van der Waals surface area contributed by atoms with Gasteiger partial charge in [0.25, 0.3) is 0 Å². The number of nitrogens with two attached hydrogens (primary N) is 1. The summed E-state index contributed by atoms with van der Waals surface area (Å²) in [5.74, 6) is -0.141. The van der Waals surface area contributed by atoms with Gasteiger partial charge in [-0.2, -0.15) is 0 Å². The quantitative estimate of drug-likeness (QED) is 0.733. The van der Waals surface area contributed by atoms with Crippen molar-refractivity contribution in [2.75, 3.05) is 13.6 Å². The van der Waals surface area contributed by atoms with Crippen LogP contribution in [0.5, 0.6) is 0 Å². The first-order valence-corrected chi connectivity index (χ1v) is 5.30. The highest BCUT2D eigenvalue weighted by Crippen LogP contribution is 2.09. The highest BCUT2D eigenvalue weighted by molar-refractivity contribution is 5.88. The number of nitrogens with zero attached hydrogens (tertiary/aromatic N) is 1. The van der Waals surface area contributed by atoms with Crippen LogP contribution in [0.1, 0.15) is 26.2 Å². The highest BCUT2D eigenvalue weighted by atomic mass is 35.5. The highest BCUT2D eigenvalue weighted by Gasteiger charge is 2.27. The molecular formula is C10H20ClN3O2. The van der Waals surface area contributed by atoms with Crippen molar-refractivity contribution in [2.24, 2.45) is 5.73 Å². The van der Waals surface area contributed by atoms with Crippen LogP contribution in [0, 0.1) is 0 Å². The van der Waals surface area contributed by atoms with E-state index in [1.54, 1.807) is 18.9 Å². The lowest BCUT2D eigenvalue weighted by Gasteiger charge is -2.29. The molecule has 3 N–H and O–H groups in total. The summed E-state index contributed by atoms with van der Waals surface area (Å²) in [6, 6.07) is -0.517. The minimum absolute atomic E-state index is 0. The molecule has 16 heavy (non-hydrogen) atoms. The Balaban J connectivity index is 0.00000225. The Morgan fingerprint density at radius 2 is 2.31 bits per heavy atom. The molecule has 0 aromatic carbocycles. The van der Waals surface area contributed by atoms with E-state index in [1.807, 2.05) is 0 Å². The summed E-state index contributed by atoms with van der Waals surface area (Å²) >= 11 is 0. The normalized spacial score (nSPS) is 22.3. The molecule has 0 aromatic heterocycles. The molecule has 0 aromatic rings. The smallest absolute Gasteiger partial charge is 0.244 e. The number of carbonyl (C=O) groups is 2. The molecule has 0 saturated carbocycles. The van der Waals surface area contributed by atoms with E-state index < -0.39 is 0 Å². The van der Waals surface area contributed by atoms with E-state index in [1.165, 1.54) is 0 Å². The average Bonchev–Trinajstić information content (AvgIpc) is 2.11. The number of likely N-dealkylation sites (N-methyl/N-ethyl adjacent to an activating group) is 1. The SMILES string of the molecule is CC(N)CC(=O)NC1CCCN(C)C1=O.Cl. The van der Waals surface area contributed by atoms with Crippen molar-refractivity contribution in [2.45, 2.75) is 38.3 Å². The van der Waals surface area contributed by atoms with Crippen molar-refractivity contribution in [3.05, 3.63) is 0 Å². The van der Waals surface area contributed by atoms with Gasteiger partial charge >= 0.3 is 0 Å². The van der Waals surface area contributed by atoms with Crippen LogP contribution in [0.4, 0.5) is 0 Å². The number of amides is 2. The summed E-state index contributed by atoms with van der Waals surface area (Å²) in [6.45, 7) is 2.55. The third kappa shape index (κ3) is 4.37. The van der Waals surface area contributed by atoms with Crippen LogP contribution in [0.25, 0.3) is 0 Å². The molecule has 1 rings (SSSR count). The van der Waals surface area contributed by atoms with Gasteiger partial charge in [0.2, 0.25) is 11.8 Å². The van der Waals surface area contributed by atoms with Gasteiger partial charge < -0.3 is 16.0 Å². The lowest BCUT2D eigenvalue weighted by Crippen LogP contribution is -2.51. The molecule has 1 heterocycles. The van der Waals surface area contributed by atoms with Gasteiger partial charge in [0.15, 0.2) is 0 Å². The number of likely N-dealkylation sites (tertiary alicyclic amines) is 1. The summed E-state index contributed by atoms with van der Waals surface area (Å²) in [4.78, 5) is 24.7. The first-order valence-electron chi connectivity index (χ1n) is 5.30. The fourth-order valence-electron chi connectivity index (χ4n) is 1.71. The van der Waals surface area contributed by atoms with E-state index in [-0.39, 0.29) is 42.7 Å². The fourth-order valence-corrected chi connectivity index (χ4v) is 1.71. The molecule has 2 atom stereocenters. The monoisotopic (exact) mass is 249 g/mol. The summed E-state index contributed by atoms with van der Waals surface area (Å²) in [7, 11) is 1.76. The largest absolute Gasteiger partial charge is 0.344 e. The molecule has 0 bridgehead atoms. The minimum Gasteiger partial charge on any atom is -0.344 e. The maximum absolute atomic E-state index is 11.6. The van der Waals surface area contributed by atoms with Crippen molar-refractivity contribution >= 4 is 24.2 Å². The van der Waals surface area contributed by atoms with E-state index in [2.05, 4.69) is 5.32 Å². The molecular weight excluding hydrogens is 230 g/mol. The van der Waals surface area contributed by atoms with Crippen LogP contribution in [-0.4, -0.2) is 42.4 Å². The molecule has 94 valence electrons. The van der Waals surface area contributed by atoms with E-state index in [0.717, 1.165) is 19.4 Å². The zero-order valence-electron chi connectivity index (χ0n) is 9.73. The molecule has 0 aliphatic carbocycles. The Morgan fingerprint density at radius 1 is 1.69 bits per heavy atom. The van der Waals surface area contributed by atoms with Gasteiger partial charge in [-0.25, -0.2) is 0 Å². The van der Waals surface area contributed by atoms with Gasteiger partial charge in [0.05, 0.1) is 0 Å². The molecule has 2 unspecified atom stereocenters. The second kappa shape index (κ2) is 6.70. The van der Waals surface area contributed by atoms with E-state index in [0.29, 0.717) is 0 Å². The minimum atomic E-state index is -0.352. The van der Waals surface area contributed by atoms with Crippen LogP contribution in [-0.2, 0) is 9.59 Å². The van der Waals surface area contributed by atoms with Gasteiger partial charge in [0, 0.05) is 26.1 Å². The van der Waals surface area contributed by atoms with Crippen molar-refractivity contribution in [3.63, 3.8) is 0 Å². The second-order valence-corrected chi connectivity index (χ2v) is 4.20. The first-order chi connectivity index (χ1) is 7.00. The standard InChI is InChI=1S/C10H19N3O2.ClH/c1-7(11)6-9(14)12-8-4-3-5-13(2)10(8)15;/h7-8H,3-6,11H2,1-2H3,(H,12,14);1H. The average molecular weight is 250 g/mol. The number of nitrogens with one attached hydrogen (secondary N) is 1. The van der Waals surface area contributed by atoms with E-state index in [4.69, 9.17) is 5.73 Å². The molecule has 0 spiro atoms. The topological polar surface area (TPSA) is 75.4 Å². The van der Waals surface area contributed by atoms with Gasteiger partial charge in [-0.3, -0.25) is 9.59 Å². The van der Waals surface area contributed by atoms with Crippen molar-refractivity contribution in [1.82, 2.24) is 10.2 Å². The molecule has 1 saturated heterocycles. The molecule has 1 aliphatic heterocycles. The van der Waals surface area contributed by atoms with Crippen LogP contribution >= 0.6 is 12.4 Å². The predicted molar refractivity (Wildman–Crippen MR) is 64.3 cm³/mol. The summed E-state index contributed by atoms with van der Waals surface area (Å²) in [5.41, 5.74) is 5.50. The van der Waals surface area contributed by atoms with E-state index in [9.17, 15) is 9.59 Å². The number of hydrogen-bond acceptors (Lipinski definition) is 3. The second-order valence-electron chi connectivity index (χ2n) is 4.20. The number of rotatable bonds is 3. The summed E-state index contributed by atoms with van der Waals surface area (Å²) in [5, 5.41) is 2.72. The van der Waals surface area contributed by atoms with Crippen molar-refractivity contribution in [3.8, 4) is 0 Å². The molecule has 2 amide bonds. The lowest BCUT2D eigenvalue weighted by molar-refractivity contribution is -0.137. The van der Waals surface area contributed by atoms with Crippen molar-refractivity contribution in [1.29, 1.82) is 0 Å². The van der Waals surface area contributed by atoms with Gasteiger partial charge in [-0.15, -0.1) is 12.4 Å². The van der Waals surface area contributed by atoms with Crippen LogP contribution in [0.15, 0.2) is 0 Å². The number of halogens is 1. The first kappa shape index (κ1) is 15.2. The Bertz CT molecular complexity index is 258. The van der Waals surface area contributed by atoms with Crippen LogP contribution in [0.3, 0.4) is 0 Å². The molecule has 1 aliphatic rings. The Kier molecular flexibility index (Phi) is 6.36.